The SMILES string of the molecule is COc1cnccc1CNC1CN(C(=O)O)CC(=O)C1C(=S)Nc1ccccc1. The molecule has 1 saturated heterocycles. The van der Waals surface area contributed by atoms with Crippen LogP contribution in [0.2, 0.25) is 0 Å². The Hall–Kier alpha value is -3.04. The number of hydrogen-bond acceptors (Lipinski definition) is 6. The van der Waals surface area contributed by atoms with Crippen LogP contribution in [0, 0.1) is 5.92 Å². The number of amides is 1. The highest BCUT2D eigenvalue weighted by Crippen LogP contribution is 2.21. The van der Waals surface area contributed by atoms with Crippen LogP contribution in [0.1, 0.15) is 5.56 Å². The number of benzene rings is 1. The molecule has 0 aliphatic carbocycles. The van der Waals surface area contributed by atoms with Gasteiger partial charge in [-0.25, -0.2) is 4.79 Å². The van der Waals surface area contributed by atoms with Gasteiger partial charge in [-0.15, -0.1) is 0 Å². The third-order valence-corrected chi connectivity index (χ3v) is 5.11. The van der Waals surface area contributed by atoms with E-state index in [0.29, 0.717) is 17.3 Å². The predicted octanol–water partition coefficient (Wildman–Crippen LogP) is 2.17. The first-order valence-corrected chi connectivity index (χ1v) is 9.47. The molecule has 1 aliphatic rings. The molecule has 152 valence electrons. The molecule has 8 nitrogen and oxygen atoms in total. The van der Waals surface area contributed by atoms with E-state index in [1.165, 1.54) is 0 Å². The number of Topliss-reactive ketones (excluding diaryl/α,β-unsaturated/α-hetero) is 1. The molecule has 3 rings (SSSR count). The molecule has 2 unspecified atom stereocenters. The maximum atomic E-state index is 12.8. The summed E-state index contributed by atoms with van der Waals surface area (Å²) >= 11 is 5.52. The smallest absolute Gasteiger partial charge is 0.407 e. The van der Waals surface area contributed by atoms with Crippen molar-refractivity contribution in [2.75, 3.05) is 25.5 Å². The van der Waals surface area contributed by atoms with Crippen LogP contribution in [0.3, 0.4) is 0 Å². The molecule has 2 atom stereocenters. The van der Waals surface area contributed by atoms with Gasteiger partial charge in [0, 0.05) is 36.6 Å². The summed E-state index contributed by atoms with van der Waals surface area (Å²) in [5.74, 6) is -0.279. The number of hydrogen-bond donors (Lipinski definition) is 3. The van der Waals surface area contributed by atoms with Crippen molar-refractivity contribution in [3.63, 3.8) is 0 Å². The number of nitrogens with one attached hydrogen (secondary N) is 2. The van der Waals surface area contributed by atoms with Crippen molar-refractivity contribution in [3.05, 3.63) is 54.4 Å². The largest absolute Gasteiger partial charge is 0.495 e. The zero-order valence-corrected chi connectivity index (χ0v) is 16.7. The number of thiocarbonyl (C=S) groups is 1. The van der Waals surface area contributed by atoms with Crippen molar-refractivity contribution in [1.29, 1.82) is 0 Å². The Balaban J connectivity index is 1.78. The second-order valence-electron chi connectivity index (χ2n) is 6.64. The summed E-state index contributed by atoms with van der Waals surface area (Å²) in [4.78, 5) is 29.7. The summed E-state index contributed by atoms with van der Waals surface area (Å²) in [5, 5.41) is 15.8. The number of anilines is 1. The van der Waals surface area contributed by atoms with Crippen molar-refractivity contribution in [3.8, 4) is 5.75 Å². The molecule has 1 amide bonds. The molecule has 1 fully saturated rings. The lowest BCUT2D eigenvalue weighted by atomic mass is 9.89. The highest BCUT2D eigenvalue weighted by atomic mass is 32.1. The predicted molar refractivity (Wildman–Crippen MR) is 112 cm³/mol. The van der Waals surface area contributed by atoms with Crippen molar-refractivity contribution in [2.45, 2.75) is 12.6 Å². The molecular weight excluding hydrogens is 392 g/mol. The Morgan fingerprint density at radius 1 is 1.34 bits per heavy atom. The molecule has 0 radical (unpaired) electrons. The fourth-order valence-electron chi connectivity index (χ4n) is 3.30. The van der Waals surface area contributed by atoms with E-state index in [4.69, 9.17) is 17.0 Å². The molecular formula is C20H22N4O4S. The Morgan fingerprint density at radius 2 is 2.10 bits per heavy atom. The van der Waals surface area contributed by atoms with Crippen molar-refractivity contribution < 1.29 is 19.4 Å². The third-order valence-electron chi connectivity index (χ3n) is 4.75. The van der Waals surface area contributed by atoms with Crippen molar-refractivity contribution in [1.82, 2.24) is 15.2 Å². The summed E-state index contributed by atoms with van der Waals surface area (Å²) in [6, 6.07) is 10.7. The second-order valence-corrected chi connectivity index (χ2v) is 7.08. The van der Waals surface area contributed by atoms with Gasteiger partial charge in [-0.1, -0.05) is 30.4 Å². The second kappa shape index (κ2) is 9.44. The van der Waals surface area contributed by atoms with Gasteiger partial charge in [0.1, 0.15) is 5.75 Å². The average molecular weight is 414 g/mol. The molecule has 3 N–H and O–H groups in total. The van der Waals surface area contributed by atoms with Crippen LogP contribution >= 0.6 is 12.2 Å². The topological polar surface area (TPSA) is 104 Å². The van der Waals surface area contributed by atoms with E-state index in [0.717, 1.165) is 16.2 Å². The number of aromatic nitrogens is 1. The van der Waals surface area contributed by atoms with Crippen LogP contribution in [-0.4, -0.2) is 58.1 Å². The lowest BCUT2D eigenvalue weighted by Gasteiger charge is -2.37. The molecule has 29 heavy (non-hydrogen) atoms. The molecule has 1 aromatic heterocycles. The number of rotatable bonds is 6. The number of carbonyl (C=O) groups excluding carboxylic acids is 1. The molecule has 0 saturated carbocycles. The molecule has 2 aromatic rings. The summed E-state index contributed by atoms with van der Waals surface area (Å²) in [6.45, 7) is 0.338. The van der Waals surface area contributed by atoms with E-state index in [1.54, 1.807) is 25.6 Å². The lowest BCUT2D eigenvalue weighted by Crippen LogP contribution is -2.59. The Labute approximate surface area is 173 Å². The maximum absolute atomic E-state index is 12.8. The number of para-hydroxylation sites is 1. The highest BCUT2D eigenvalue weighted by molar-refractivity contribution is 7.80. The van der Waals surface area contributed by atoms with E-state index in [2.05, 4.69) is 15.6 Å². The van der Waals surface area contributed by atoms with Gasteiger partial charge in [0.15, 0.2) is 5.78 Å². The number of carboxylic acid groups (broad SMARTS) is 1. The summed E-state index contributed by atoms with van der Waals surface area (Å²) in [6.07, 6.45) is 2.12. The summed E-state index contributed by atoms with van der Waals surface area (Å²) in [7, 11) is 1.55. The number of pyridine rings is 1. The molecule has 0 spiro atoms. The van der Waals surface area contributed by atoms with Crippen LogP contribution in [0.5, 0.6) is 5.75 Å². The van der Waals surface area contributed by atoms with E-state index < -0.39 is 18.1 Å². The number of piperidine rings is 1. The quantitative estimate of drug-likeness (QED) is 0.618. The van der Waals surface area contributed by atoms with Gasteiger partial charge in [0.2, 0.25) is 0 Å². The Bertz CT molecular complexity index is 893. The fraction of sp³-hybridized carbons (Fsp3) is 0.300. The van der Waals surface area contributed by atoms with Crippen LogP contribution < -0.4 is 15.4 Å². The van der Waals surface area contributed by atoms with Crippen LogP contribution in [0.15, 0.2) is 48.8 Å². The van der Waals surface area contributed by atoms with E-state index in [1.807, 2.05) is 30.3 Å². The number of methoxy groups -OCH3 is 1. The van der Waals surface area contributed by atoms with Gasteiger partial charge < -0.3 is 20.5 Å². The van der Waals surface area contributed by atoms with Gasteiger partial charge >= 0.3 is 6.09 Å². The Morgan fingerprint density at radius 3 is 2.79 bits per heavy atom. The Kier molecular flexibility index (Phi) is 6.73. The number of carbonyl (C=O) groups is 2. The van der Waals surface area contributed by atoms with Crippen molar-refractivity contribution in [2.24, 2.45) is 5.92 Å². The van der Waals surface area contributed by atoms with Gasteiger partial charge in [-0.3, -0.25) is 14.7 Å². The summed E-state index contributed by atoms with van der Waals surface area (Å²) < 4.78 is 5.31. The maximum Gasteiger partial charge on any atom is 0.407 e. The molecule has 0 bridgehead atoms. The fourth-order valence-corrected chi connectivity index (χ4v) is 3.71. The lowest BCUT2D eigenvalue weighted by molar-refractivity contribution is -0.124. The van der Waals surface area contributed by atoms with Gasteiger partial charge in [0.25, 0.3) is 0 Å². The minimum atomic E-state index is -1.13. The zero-order chi connectivity index (χ0) is 20.8. The summed E-state index contributed by atoms with van der Waals surface area (Å²) in [5.41, 5.74) is 1.63. The highest BCUT2D eigenvalue weighted by Gasteiger charge is 2.40. The van der Waals surface area contributed by atoms with Crippen LogP contribution in [0.25, 0.3) is 0 Å². The van der Waals surface area contributed by atoms with E-state index >= 15 is 0 Å². The first kappa shape index (κ1) is 20.7. The van der Waals surface area contributed by atoms with Crippen LogP contribution in [0.4, 0.5) is 10.5 Å². The zero-order valence-electron chi connectivity index (χ0n) is 15.9. The molecule has 1 aromatic carbocycles. The molecule has 9 heteroatoms. The third kappa shape index (κ3) is 5.07. The van der Waals surface area contributed by atoms with Gasteiger partial charge in [-0.2, -0.15) is 0 Å². The minimum Gasteiger partial charge on any atom is -0.495 e. The number of nitrogens with zero attached hydrogens (tertiary/aromatic N) is 2. The standard InChI is InChI=1S/C20H22N4O4S/c1-28-17-10-21-8-7-13(17)9-22-15-11-24(20(26)27)12-16(25)18(15)19(29)23-14-5-3-2-4-6-14/h2-8,10,15,18,22H,9,11-12H2,1H3,(H,23,29)(H,26,27). The average Bonchev–Trinajstić information content (AvgIpc) is 2.72. The minimum absolute atomic E-state index is 0.149. The molecule has 1 aliphatic heterocycles. The molecule has 2 heterocycles. The monoisotopic (exact) mass is 414 g/mol. The van der Waals surface area contributed by atoms with E-state index in [9.17, 15) is 14.7 Å². The van der Waals surface area contributed by atoms with E-state index in [-0.39, 0.29) is 18.9 Å². The van der Waals surface area contributed by atoms with Gasteiger partial charge in [-0.05, 0) is 18.2 Å². The van der Waals surface area contributed by atoms with Crippen LogP contribution in [-0.2, 0) is 11.3 Å². The van der Waals surface area contributed by atoms with Gasteiger partial charge in [0.05, 0.1) is 30.8 Å². The first-order chi connectivity index (χ1) is 14.0. The normalized spacial score (nSPS) is 18.9. The van der Waals surface area contributed by atoms with Crippen molar-refractivity contribution >= 4 is 34.8 Å². The first-order valence-electron chi connectivity index (χ1n) is 9.06. The number of likely N-dealkylation sites (tertiary alicyclic amines) is 1. The number of ether oxygens (including phenoxy) is 1. The number of ketones is 1.